The zero-order chi connectivity index (χ0) is 12.8. The lowest BCUT2D eigenvalue weighted by Crippen LogP contribution is -2.34. The van der Waals surface area contributed by atoms with Crippen LogP contribution in [-0.4, -0.2) is 15.6 Å². The molecule has 1 aromatic rings. The first-order valence-corrected chi connectivity index (χ1v) is 6.37. The fourth-order valence-electron chi connectivity index (χ4n) is 1.43. The molecule has 0 bridgehead atoms. The van der Waals surface area contributed by atoms with Crippen molar-refractivity contribution in [3.63, 3.8) is 0 Å². The van der Waals surface area contributed by atoms with E-state index in [2.05, 4.69) is 0 Å². The number of ether oxygens (including phenoxy) is 1. The van der Waals surface area contributed by atoms with Crippen molar-refractivity contribution in [3.8, 4) is 0 Å². The van der Waals surface area contributed by atoms with Gasteiger partial charge in [-0.15, -0.1) is 0 Å². The van der Waals surface area contributed by atoms with Crippen LogP contribution < -0.4 is 4.90 Å². The summed E-state index contributed by atoms with van der Waals surface area (Å²) in [7, 11) is 0. The van der Waals surface area contributed by atoms with Crippen molar-refractivity contribution in [2.24, 2.45) is 0 Å². The van der Waals surface area contributed by atoms with E-state index in [1.807, 2.05) is 0 Å². The number of alkyl halides is 1. The molecule has 0 saturated carbocycles. The summed E-state index contributed by atoms with van der Waals surface area (Å²) < 4.78 is 3.75. The number of cyclic esters (lactones) is 1. The molecule has 90 valence electrons. The third-order valence-corrected chi connectivity index (χ3v) is 3.27. The number of rotatable bonds is 1. The van der Waals surface area contributed by atoms with Crippen molar-refractivity contribution >= 4 is 63.5 Å². The maximum Gasteiger partial charge on any atom is 0.423 e. The van der Waals surface area contributed by atoms with E-state index < -0.39 is 15.6 Å². The molecule has 7 heteroatoms. The molecule has 17 heavy (non-hydrogen) atoms. The van der Waals surface area contributed by atoms with Crippen molar-refractivity contribution < 1.29 is 14.3 Å². The van der Waals surface area contributed by atoms with Gasteiger partial charge >= 0.3 is 6.09 Å². The Bertz CT molecular complexity index is 498. The van der Waals surface area contributed by atoms with Gasteiger partial charge in [-0.05, 0) is 47.7 Å². The molecule has 1 heterocycles. The first kappa shape index (κ1) is 12.9. The normalized spacial score (nSPS) is 24.1. The molecule has 1 fully saturated rings. The van der Waals surface area contributed by atoms with E-state index in [-0.39, 0.29) is 0 Å². The molecule has 0 spiro atoms. The summed E-state index contributed by atoms with van der Waals surface area (Å²) >= 11 is 13.4. The van der Waals surface area contributed by atoms with E-state index in [9.17, 15) is 9.59 Å². The van der Waals surface area contributed by atoms with Crippen molar-refractivity contribution in [1.29, 1.82) is 0 Å². The van der Waals surface area contributed by atoms with Crippen LogP contribution in [0.4, 0.5) is 10.5 Å². The molecule has 0 radical (unpaired) electrons. The zero-order valence-electron chi connectivity index (χ0n) is 8.54. The predicted octanol–water partition coefficient (Wildman–Crippen LogP) is 3.63. The second-order valence-electron chi connectivity index (χ2n) is 3.55. The number of amides is 2. The van der Waals surface area contributed by atoms with Crippen LogP contribution in [0.5, 0.6) is 0 Å². The van der Waals surface area contributed by atoms with Gasteiger partial charge in [-0.2, -0.15) is 0 Å². The van der Waals surface area contributed by atoms with Gasteiger partial charge in [0.25, 0.3) is 5.91 Å². The van der Waals surface area contributed by atoms with Gasteiger partial charge in [-0.1, -0.05) is 23.2 Å². The lowest BCUT2D eigenvalue weighted by atomic mass is 10.2. The Labute approximate surface area is 121 Å². The second kappa shape index (κ2) is 4.29. The number of carbonyl (C=O) groups excluding carboxylic acids is 2. The summed E-state index contributed by atoms with van der Waals surface area (Å²) in [6.07, 6.45) is -0.731. The lowest BCUT2D eigenvalue weighted by molar-refractivity contribution is -0.122. The van der Waals surface area contributed by atoms with E-state index in [4.69, 9.17) is 27.9 Å². The fraction of sp³-hybridized carbons (Fsp3) is 0.200. The Morgan fingerprint density at radius 2 is 1.76 bits per heavy atom. The van der Waals surface area contributed by atoms with E-state index in [0.717, 1.165) is 4.90 Å². The van der Waals surface area contributed by atoms with Crippen LogP contribution in [0.15, 0.2) is 18.2 Å². The molecule has 1 atom stereocenters. The quantitative estimate of drug-likeness (QED) is 0.547. The third kappa shape index (κ3) is 2.36. The van der Waals surface area contributed by atoms with E-state index in [1.165, 1.54) is 25.1 Å². The van der Waals surface area contributed by atoms with Crippen molar-refractivity contribution in [1.82, 2.24) is 0 Å². The van der Waals surface area contributed by atoms with Gasteiger partial charge in [0.1, 0.15) is 0 Å². The molecule has 0 aromatic heterocycles. The summed E-state index contributed by atoms with van der Waals surface area (Å²) in [5.74, 6) is -0.457. The average Bonchev–Trinajstić information content (AvgIpc) is 2.34. The Hall–Kier alpha value is -0.530. The van der Waals surface area contributed by atoms with Crippen molar-refractivity contribution in [2.75, 3.05) is 4.90 Å². The van der Waals surface area contributed by atoms with Crippen molar-refractivity contribution in [2.45, 2.75) is 10.5 Å². The maximum atomic E-state index is 11.9. The number of benzene rings is 1. The highest BCUT2D eigenvalue weighted by atomic mass is 127. The number of imide groups is 1. The van der Waals surface area contributed by atoms with Crippen LogP contribution in [0.3, 0.4) is 0 Å². The van der Waals surface area contributed by atoms with Crippen LogP contribution in [-0.2, 0) is 9.53 Å². The number of hydrogen-bond acceptors (Lipinski definition) is 3. The Morgan fingerprint density at radius 3 is 2.18 bits per heavy atom. The largest absolute Gasteiger partial charge is 0.423 e. The van der Waals surface area contributed by atoms with Gasteiger partial charge in [-0.3, -0.25) is 4.79 Å². The summed E-state index contributed by atoms with van der Waals surface area (Å²) in [6, 6.07) is 4.47. The smallest absolute Gasteiger partial charge is 0.422 e. The maximum absolute atomic E-state index is 11.9. The minimum absolute atomic E-state index is 0.304. The van der Waals surface area contributed by atoms with Gasteiger partial charge in [0.15, 0.2) is 0 Å². The average molecular weight is 386 g/mol. The highest BCUT2D eigenvalue weighted by molar-refractivity contribution is 14.1. The van der Waals surface area contributed by atoms with Gasteiger partial charge < -0.3 is 4.74 Å². The second-order valence-corrected chi connectivity index (χ2v) is 6.48. The first-order valence-electron chi connectivity index (χ1n) is 4.54. The van der Waals surface area contributed by atoms with Crippen LogP contribution >= 0.6 is 45.8 Å². The van der Waals surface area contributed by atoms with Crippen LogP contribution in [0, 0.1) is 0 Å². The van der Waals surface area contributed by atoms with E-state index in [1.54, 1.807) is 22.6 Å². The van der Waals surface area contributed by atoms with Crippen LogP contribution in [0.2, 0.25) is 10.0 Å². The molecule has 2 amide bonds. The molecule has 1 unspecified atom stereocenters. The molecule has 1 aromatic carbocycles. The predicted molar refractivity (Wildman–Crippen MR) is 72.9 cm³/mol. The highest BCUT2D eigenvalue weighted by Gasteiger charge is 2.49. The fourth-order valence-corrected chi connectivity index (χ4v) is 2.37. The Kier molecular flexibility index (Phi) is 3.26. The standard InChI is InChI=1S/C10H6Cl2INO3/c1-10(13)8(15)14(9(16)17-10)7-3-5(11)2-6(12)4-7/h2-4H,1H3. The minimum atomic E-state index is -1.19. The lowest BCUT2D eigenvalue weighted by Gasteiger charge is -2.13. The molecule has 1 aliphatic rings. The molecule has 0 aliphatic carbocycles. The molecule has 1 aliphatic heterocycles. The van der Waals surface area contributed by atoms with Gasteiger partial charge in [0.2, 0.25) is 3.61 Å². The summed E-state index contributed by atoms with van der Waals surface area (Å²) in [6.45, 7) is 1.51. The topological polar surface area (TPSA) is 46.6 Å². The number of anilines is 1. The minimum Gasteiger partial charge on any atom is -0.422 e. The molecule has 4 nitrogen and oxygen atoms in total. The van der Waals surface area contributed by atoms with Gasteiger partial charge in [0, 0.05) is 10.0 Å². The Balaban J connectivity index is 2.47. The summed E-state index contributed by atoms with van der Waals surface area (Å²) in [5.41, 5.74) is 0.304. The summed E-state index contributed by atoms with van der Waals surface area (Å²) in [5, 5.41) is 0.685. The SMILES string of the molecule is CC1(I)OC(=O)N(c2cc(Cl)cc(Cl)c2)C1=O. The number of carbonyl (C=O) groups is 2. The zero-order valence-corrected chi connectivity index (χ0v) is 12.2. The van der Waals surface area contributed by atoms with Crippen LogP contribution in [0.25, 0.3) is 0 Å². The number of hydrogen-bond donors (Lipinski definition) is 0. The van der Waals surface area contributed by atoms with Crippen molar-refractivity contribution in [3.05, 3.63) is 28.2 Å². The first-order chi connectivity index (χ1) is 7.81. The number of nitrogens with zero attached hydrogens (tertiary/aromatic N) is 1. The van der Waals surface area contributed by atoms with E-state index in [0.29, 0.717) is 15.7 Å². The number of halogens is 3. The molecular formula is C10H6Cl2INO3. The third-order valence-electron chi connectivity index (χ3n) is 2.15. The van der Waals surface area contributed by atoms with Crippen LogP contribution in [0.1, 0.15) is 6.92 Å². The van der Waals surface area contributed by atoms with E-state index >= 15 is 0 Å². The molecule has 0 N–H and O–H groups in total. The molecule has 1 saturated heterocycles. The monoisotopic (exact) mass is 385 g/mol. The molecular weight excluding hydrogens is 380 g/mol. The van der Waals surface area contributed by atoms with Gasteiger partial charge in [0.05, 0.1) is 5.69 Å². The van der Waals surface area contributed by atoms with Gasteiger partial charge in [-0.25, -0.2) is 9.69 Å². The Morgan fingerprint density at radius 1 is 1.24 bits per heavy atom. The molecule has 2 rings (SSSR count). The highest BCUT2D eigenvalue weighted by Crippen LogP contribution is 2.35. The summed E-state index contributed by atoms with van der Waals surface area (Å²) in [4.78, 5) is 24.5.